The summed E-state index contributed by atoms with van der Waals surface area (Å²) in [6, 6.07) is 10.4. The molecular weight excluding hydrogens is 330 g/mol. The topological polar surface area (TPSA) is 37.8 Å². The predicted octanol–water partition coefficient (Wildman–Crippen LogP) is 7.09. The third kappa shape index (κ3) is 8.55. The van der Waals surface area contributed by atoms with E-state index in [4.69, 9.17) is 4.98 Å². The van der Waals surface area contributed by atoms with E-state index in [0.29, 0.717) is 0 Å². The molecule has 0 saturated heterocycles. The largest absolute Gasteiger partial charge is 0.370 e. The molecule has 0 radical (unpaired) electrons. The van der Waals surface area contributed by atoms with Gasteiger partial charge < -0.3 is 5.32 Å². The first-order chi connectivity index (χ1) is 13.2. The van der Waals surface area contributed by atoms with Crippen molar-refractivity contribution in [3.8, 4) is 11.4 Å². The molecule has 1 heterocycles. The highest BCUT2D eigenvalue weighted by Gasteiger charge is 2.05. The fourth-order valence-corrected chi connectivity index (χ4v) is 3.32. The Bertz CT molecular complexity index is 649. The minimum atomic E-state index is 0.806. The van der Waals surface area contributed by atoms with Crippen LogP contribution in [0, 0.1) is 13.8 Å². The van der Waals surface area contributed by atoms with Crippen LogP contribution in [0.15, 0.2) is 30.3 Å². The van der Waals surface area contributed by atoms with Crippen LogP contribution in [-0.4, -0.2) is 16.5 Å². The van der Waals surface area contributed by atoms with Gasteiger partial charge in [0.15, 0.2) is 5.82 Å². The third-order valence-corrected chi connectivity index (χ3v) is 5.00. The van der Waals surface area contributed by atoms with Crippen molar-refractivity contribution in [1.29, 1.82) is 0 Å². The van der Waals surface area contributed by atoms with Gasteiger partial charge in [-0.15, -0.1) is 0 Å². The Morgan fingerprint density at radius 3 is 1.96 bits per heavy atom. The standard InChI is InChI=1S/C24H37N3/c1-4-5-6-7-8-9-10-11-12-13-18-25-23-19-21(3)26-24(27-23)22-16-14-20(2)15-17-22/h14-17,19H,4-13,18H2,1-3H3,(H,25,26,27). The average Bonchev–Trinajstić information content (AvgIpc) is 2.66. The van der Waals surface area contributed by atoms with E-state index in [2.05, 4.69) is 48.4 Å². The maximum Gasteiger partial charge on any atom is 0.161 e. The van der Waals surface area contributed by atoms with Crippen LogP contribution in [0.1, 0.15) is 82.4 Å². The van der Waals surface area contributed by atoms with Gasteiger partial charge in [0.2, 0.25) is 0 Å². The Balaban J connectivity index is 1.65. The summed E-state index contributed by atoms with van der Waals surface area (Å²) in [6.45, 7) is 7.39. The van der Waals surface area contributed by atoms with Gasteiger partial charge >= 0.3 is 0 Å². The van der Waals surface area contributed by atoms with Crippen molar-refractivity contribution in [1.82, 2.24) is 9.97 Å². The number of rotatable bonds is 13. The molecule has 2 rings (SSSR count). The molecular formula is C24H37N3. The molecule has 1 aromatic heterocycles. The van der Waals surface area contributed by atoms with E-state index in [0.717, 1.165) is 29.4 Å². The number of unbranched alkanes of at least 4 members (excludes halogenated alkanes) is 9. The van der Waals surface area contributed by atoms with Crippen LogP contribution >= 0.6 is 0 Å². The second-order valence-electron chi connectivity index (χ2n) is 7.69. The van der Waals surface area contributed by atoms with Crippen LogP contribution in [0.3, 0.4) is 0 Å². The Labute approximate surface area is 166 Å². The number of aromatic nitrogens is 2. The first-order valence-electron chi connectivity index (χ1n) is 10.9. The quantitative estimate of drug-likeness (QED) is 0.384. The van der Waals surface area contributed by atoms with Crippen molar-refractivity contribution in [2.24, 2.45) is 0 Å². The van der Waals surface area contributed by atoms with E-state index in [1.165, 1.54) is 69.8 Å². The summed E-state index contributed by atoms with van der Waals surface area (Å²) in [4.78, 5) is 9.28. The van der Waals surface area contributed by atoms with E-state index in [1.54, 1.807) is 0 Å². The normalized spacial score (nSPS) is 10.9. The number of hydrogen-bond donors (Lipinski definition) is 1. The number of aryl methyl sites for hydroxylation is 2. The summed E-state index contributed by atoms with van der Waals surface area (Å²) < 4.78 is 0. The molecule has 2 aromatic rings. The van der Waals surface area contributed by atoms with Gasteiger partial charge in [0.25, 0.3) is 0 Å². The fraction of sp³-hybridized carbons (Fsp3) is 0.583. The molecule has 148 valence electrons. The molecule has 27 heavy (non-hydrogen) atoms. The van der Waals surface area contributed by atoms with Crippen LogP contribution in [0.25, 0.3) is 11.4 Å². The zero-order valence-electron chi connectivity index (χ0n) is 17.6. The third-order valence-electron chi connectivity index (χ3n) is 5.00. The maximum atomic E-state index is 4.69. The summed E-state index contributed by atoms with van der Waals surface area (Å²) in [5.41, 5.74) is 3.34. The predicted molar refractivity (Wildman–Crippen MR) is 117 cm³/mol. The highest BCUT2D eigenvalue weighted by Crippen LogP contribution is 2.18. The molecule has 1 N–H and O–H groups in total. The molecule has 0 aliphatic heterocycles. The van der Waals surface area contributed by atoms with Crippen molar-refractivity contribution < 1.29 is 0 Å². The van der Waals surface area contributed by atoms with Crippen molar-refractivity contribution in [2.45, 2.75) is 85.0 Å². The summed E-state index contributed by atoms with van der Waals surface area (Å²) >= 11 is 0. The number of benzene rings is 1. The molecule has 0 unspecified atom stereocenters. The van der Waals surface area contributed by atoms with Crippen molar-refractivity contribution in [2.75, 3.05) is 11.9 Å². The molecule has 0 fully saturated rings. The minimum absolute atomic E-state index is 0.806. The Hall–Kier alpha value is -1.90. The molecule has 0 amide bonds. The summed E-state index contributed by atoms with van der Waals surface area (Å²) in [6.07, 6.45) is 13.7. The zero-order valence-corrected chi connectivity index (χ0v) is 17.6. The van der Waals surface area contributed by atoms with Crippen LogP contribution in [0.2, 0.25) is 0 Å². The number of nitrogens with zero attached hydrogens (tertiary/aromatic N) is 2. The maximum absolute atomic E-state index is 4.69. The number of anilines is 1. The molecule has 0 bridgehead atoms. The van der Waals surface area contributed by atoms with Crippen LogP contribution in [0.4, 0.5) is 5.82 Å². The highest BCUT2D eigenvalue weighted by molar-refractivity contribution is 5.58. The van der Waals surface area contributed by atoms with Crippen LogP contribution in [0.5, 0.6) is 0 Å². The smallest absolute Gasteiger partial charge is 0.161 e. The van der Waals surface area contributed by atoms with Crippen molar-refractivity contribution in [3.63, 3.8) is 0 Å². The fourth-order valence-electron chi connectivity index (χ4n) is 3.32. The van der Waals surface area contributed by atoms with Gasteiger partial charge in [0, 0.05) is 23.9 Å². The van der Waals surface area contributed by atoms with Gasteiger partial charge in [0.1, 0.15) is 5.82 Å². The van der Waals surface area contributed by atoms with Gasteiger partial charge in [-0.2, -0.15) is 0 Å². The summed E-state index contributed by atoms with van der Waals surface area (Å²) in [5, 5.41) is 3.48. The molecule has 0 aliphatic rings. The first-order valence-corrected chi connectivity index (χ1v) is 10.9. The van der Waals surface area contributed by atoms with Crippen molar-refractivity contribution >= 4 is 5.82 Å². The minimum Gasteiger partial charge on any atom is -0.370 e. The van der Waals surface area contributed by atoms with E-state index in [-0.39, 0.29) is 0 Å². The number of nitrogens with one attached hydrogen (secondary N) is 1. The molecule has 0 atom stereocenters. The zero-order chi connectivity index (χ0) is 19.3. The average molecular weight is 368 g/mol. The molecule has 3 nitrogen and oxygen atoms in total. The van der Waals surface area contributed by atoms with Crippen LogP contribution in [-0.2, 0) is 0 Å². The van der Waals surface area contributed by atoms with Gasteiger partial charge in [-0.3, -0.25) is 0 Å². The number of hydrogen-bond acceptors (Lipinski definition) is 3. The van der Waals surface area contributed by atoms with Gasteiger partial charge in [-0.05, 0) is 20.3 Å². The Kier molecular flexibility index (Phi) is 9.89. The summed E-state index contributed by atoms with van der Waals surface area (Å²) in [7, 11) is 0. The molecule has 0 saturated carbocycles. The SMILES string of the molecule is CCCCCCCCCCCCNc1cc(C)nc(-c2ccc(C)cc2)n1. The first kappa shape index (κ1) is 21.4. The van der Waals surface area contributed by atoms with E-state index in [1.807, 2.05) is 13.0 Å². The molecule has 1 aromatic carbocycles. The molecule has 3 heteroatoms. The van der Waals surface area contributed by atoms with Crippen LogP contribution < -0.4 is 5.32 Å². The van der Waals surface area contributed by atoms with Gasteiger partial charge in [0.05, 0.1) is 0 Å². The highest BCUT2D eigenvalue weighted by atomic mass is 15.0. The second-order valence-corrected chi connectivity index (χ2v) is 7.69. The lowest BCUT2D eigenvalue weighted by Crippen LogP contribution is -2.05. The lowest BCUT2D eigenvalue weighted by Gasteiger charge is -2.09. The lowest BCUT2D eigenvalue weighted by molar-refractivity contribution is 0.560. The lowest BCUT2D eigenvalue weighted by atomic mass is 10.1. The Morgan fingerprint density at radius 1 is 0.741 bits per heavy atom. The second kappa shape index (κ2) is 12.5. The van der Waals surface area contributed by atoms with E-state index < -0.39 is 0 Å². The van der Waals surface area contributed by atoms with E-state index in [9.17, 15) is 0 Å². The van der Waals surface area contributed by atoms with Gasteiger partial charge in [-0.1, -0.05) is 94.5 Å². The monoisotopic (exact) mass is 367 g/mol. The van der Waals surface area contributed by atoms with Gasteiger partial charge in [-0.25, -0.2) is 9.97 Å². The summed E-state index contributed by atoms with van der Waals surface area (Å²) in [5.74, 6) is 1.74. The molecule has 0 aliphatic carbocycles. The van der Waals surface area contributed by atoms with Crippen molar-refractivity contribution in [3.05, 3.63) is 41.6 Å². The molecule has 0 spiro atoms. The van der Waals surface area contributed by atoms with E-state index >= 15 is 0 Å². The Morgan fingerprint density at radius 2 is 1.33 bits per heavy atom.